The summed E-state index contributed by atoms with van der Waals surface area (Å²) in [4.78, 5) is 2.38. The monoisotopic (exact) mass is 298 g/mol. The normalized spacial score (nSPS) is 21.5. The van der Waals surface area contributed by atoms with E-state index in [4.69, 9.17) is 5.73 Å². The Bertz CT molecular complexity index is 440. The minimum atomic E-state index is -2.79. The first-order valence-electron chi connectivity index (χ1n) is 7.63. The summed E-state index contributed by atoms with van der Waals surface area (Å²) < 4.78 is 29.8. The van der Waals surface area contributed by atoms with Crippen LogP contribution in [0.5, 0.6) is 5.75 Å². The zero-order valence-electron chi connectivity index (χ0n) is 12.5. The van der Waals surface area contributed by atoms with E-state index in [9.17, 15) is 8.78 Å². The molecule has 1 aromatic carbocycles. The van der Waals surface area contributed by atoms with E-state index < -0.39 is 6.61 Å². The Labute approximate surface area is 125 Å². The highest BCUT2D eigenvalue weighted by Crippen LogP contribution is 2.34. The van der Waals surface area contributed by atoms with Crippen LogP contribution in [0.4, 0.5) is 8.78 Å². The minimum Gasteiger partial charge on any atom is -0.434 e. The highest BCUT2D eigenvalue weighted by molar-refractivity contribution is 5.35. The summed E-state index contributed by atoms with van der Waals surface area (Å²) in [6.45, 7) is 0.903. The molecule has 0 bridgehead atoms. The van der Waals surface area contributed by atoms with Crippen molar-refractivity contribution in [2.45, 2.75) is 51.3 Å². The van der Waals surface area contributed by atoms with Gasteiger partial charge in [-0.15, -0.1) is 0 Å². The van der Waals surface area contributed by atoms with Crippen molar-refractivity contribution in [1.29, 1.82) is 0 Å². The third kappa shape index (κ3) is 4.14. The number of likely N-dealkylation sites (tertiary alicyclic amines) is 1. The van der Waals surface area contributed by atoms with Crippen molar-refractivity contribution in [3.05, 3.63) is 29.8 Å². The summed E-state index contributed by atoms with van der Waals surface area (Å²) in [5, 5.41) is 0. The largest absolute Gasteiger partial charge is 0.434 e. The fraction of sp³-hybridized carbons (Fsp3) is 0.625. The fourth-order valence-corrected chi connectivity index (χ4v) is 3.24. The molecule has 0 spiro atoms. The Morgan fingerprint density at radius 1 is 1.33 bits per heavy atom. The molecule has 118 valence electrons. The Kier molecular flexibility index (Phi) is 5.94. The molecule has 1 saturated heterocycles. The molecule has 21 heavy (non-hydrogen) atoms. The van der Waals surface area contributed by atoms with Gasteiger partial charge in [0.05, 0.1) is 0 Å². The van der Waals surface area contributed by atoms with Crippen molar-refractivity contribution in [2.24, 2.45) is 5.73 Å². The Morgan fingerprint density at radius 3 is 2.81 bits per heavy atom. The van der Waals surface area contributed by atoms with Gasteiger partial charge in [0.2, 0.25) is 0 Å². The van der Waals surface area contributed by atoms with Gasteiger partial charge in [0.1, 0.15) is 5.75 Å². The van der Waals surface area contributed by atoms with Crippen LogP contribution in [0.1, 0.15) is 44.2 Å². The van der Waals surface area contributed by atoms with Crippen LogP contribution < -0.4 is 10.5 Å². The maximum absolute atomic E-state index is 12.6. The summed E-state index contributed by atoms with van der Waals surface area (Å²) in [5.41, 5.74) is 6.53. The van der Waals surface area contributed by atoms with Crippen molar-refractivity contribution in [2.75, 3.05) is 13.1 Å². The van der Waals surface area contributed by atoms with Crippen molar-refractivity contribution >= 4 is 0 Å². The lowest BCUT2D eigenvalue weighted by molar-refractivity contribution is -0.0514. The average molecular weight is 298 g/mol. The van der Waals surface area contributed by atoms with Crippen LogP contribution in [0.25, 0.3) is 0 Å². The van der Waals surface area contributed by atoms with Gasteiger partial charge in [0.25, 0.3) is 0 Å². The molecule has 2 N–H and O–H groups in total. The van der Waals surface area contributed by atoms with Crippen LogP contribution in [-0.4, -0.2) is 30.6 Å². The van der Waals surface area contributed by atoms with Crippen LogP contribution in [0.15, 0.2) is 24.3 Å². The van der Waals surface area contributed by atoms with E-state index >= 15 is 0 Å². The number of nitrogens with zero attached hydrogens (tertiary/aromatic N) is 1. The maximum atomic E-state index is 12.6. The van der Waals surface area contributed by atoms with E-state index in [1.165, 1.54) is 6.42 Å². The molecular formula is C16H24F2N2O. The molecule has 1 aromatic rings. The second-order valence-corrected chi connectivity index (χ2v) is 5.56. The van der Waals surface area contributed by atoms with Crippen molar-refractivity contribution in [1.82, 2.24) is 4.90 Å². The van der Waals surface area contributed by atoms with Gasteiger partial charge in [-0.05, 0) is 45.3 Å². The number of para-hydroxylation sites is 1. The second kappa shape index (κ2) is 7.71. The lowest BCUT2D eigenvalue weighted by atomic mass is 9.95. The smallest absolute Gasteiger partial charge is 0.387 e. The van der Waals surface area contributed by atoms with E-state index in [0.29, 0.717) is 12.6 Å². The number of piperidine rings is 1. The molecule has 0 aliphatic carbocycles. The molecule has 0 aromatic heterocycles. The first-order valence-corrected chi connectivity index (χ1v) is 7.63. The standard InChI is InChI=1S/C16H24F2N2O/c1-12(20-11-5-4-6-13(20)9-10-19)14-7-2-3-8-15(14)21-16(17)18/h2-3,7-8,12-13,16H,4-6,9-11,19H2,1H3. The van der Waals surface area contributed by atoms with Gasteiger partial charge in [-0.25, -0.2) is 0 Å². The average Bonchev–Trinajstić information content (AvgIpc) is 2.47. The predicted octanol–water partition coefficient (Wildman–Crippen LogP) is 3.55. The predicted molar refractivity (Wildman–Crippen MR) is 79.5 cm³/mol. The van der Waals surface area contributed by atoms with E-state index in [0.717, 1.165) is 31.4 Å². The molecule has 0 radical (unpaired) electrons. The third-order valence-electron chi connectivity index (χ3n) is 4.26. The Hall–Kier alpha value is -1.20. The van der Waals surface area contributed by atoms with Gasteiger partial charge < -0.3 is 10.5 Å². The van der Waals surface area contributed by atoms with Gasteiger partial charge in [-0.1, -0.05) is 24.6 Å². The minimum absolute atomic E-state index is 0.0526. The molecule has 3 nitrogen and oxygen atoms in total. The molecule has 1 aliphatic rings. The lowest BCUT2D eigenvalue weighted by Crippen LogP contribution is -2.42. The number of hydrogen-bond acceptors (Lipinski definition) is 3. The van der Waals surface area contributed by atoms with Gasteiger partial charge in [-0.2, -0.15) is 8.78 Å². The molecule has 2 unspecified atom stereocenters. The number of ether oxygens (including phenoxy) is 1. The first kappa shape index (κ1) is 16.2. The van der Waals surface area contributed by atoms with Gasteiger partial charge in [0.15, 0.2) is 0 Å². The zero-order valence-corrected chi connectivity index (χ0v) is 12.5. The molecule has 2 rings (SSSR count). The first-order chi connectivity index (χ1) is 10.1. The molecule has 5 heteroatoms. The van der Waals surface area contributed by atoms with E-state index in [2.05, 4.69) is 16.6 Å². The zero-order chi connectivity index (χ0) is 15.2. The summed E-state index contributed by atoms with van der Waals surface area (Å²) >= 11 is 0. The highest BCUT2D eigenvalue weighted by Gasteiger charge is 2.28. The highest BCUT2D eigenvalue weighted by atomic mass is 19.3. The summed E-state index contributed by atoms with van der Waals surface area (Å²) in [6.07, 6.45) is 4.42. The fourth-order valence-electron chi connectivity index (χ4n) is 3.24. The number of halogens is 2. The number of alkyl halides is 2. The molecule has 0 saturated carbocycles. The molecule has 1 heterocycles. The van der Waals surface area contributed by atoms with Crippen LogP contribution in [-0.2, 0) is 0 Å². The van der Waals surface area contributed by atoms with Crippen molar-refractivity contribution in [3.8, 4) is 5.75 Å². The topological polar surface area (TPSA) is 38.5 Å². The number of benzene rings is 1. The second-order valence-electron chi connectivity index (χ2n) is 5.56. The number of hydrogen-bond donors (Lipinski definition) is 1. The van der Waals surface area contributed by atoms with E-state index in [-0.39, 0.29) is 11.8 Å². The third-order valence-corrected chi connectivity index (χ3v) is 4.26. The lowest BCUT2D eigenvalue weighted by Gasteiger charge is -2.40. The van der Waals surface area contributed by atoms with Crippen LogP contribution in [0.2, 0.25) is 0 Å². The Morgan fingerprint density at radius 2 is 2.10 bits per heavy atom. The maximum Gasteiger partial charge on any atom is 0.387 e. The molecule has 1 fully saturated rings. The van der Waals surface area contributed by atoms with Crippen LogP contribution in [0, 0.1) is 0 Å². The Balaban J connectivity index is 2.19. The number of nitrogens with two attached hydrogens (primary N) is 1. The summed E-state index contributed by atoms with van der Waals surface area (Å²) in [5.74, 6) is 0.275. The molecular weight excluding hydrogens is 274 g/mol. The number of rotatable bonds is 6. The molecule has 2 atom stereocenters. The van der Waals surface area contributed by atoms with Crippen LogP contribution in [0.3, 0.4) is 0 Å². The van der Waals surface area contributed by atoms with E-state index in [1.807, 2.05) is 12.1 Å². The van der Waals surface area contributed by atoms with Gasteiger partial charge in [0, 0.05) is 17.6 Å². The van der Waals surface area contributed by atoms with Gasteiger partial charge in [-0.3, -0.25) is 4.90 Å². The quantitative estimate of drug-likeness (QED) is 0.873. The summed E-state index contributed by atoms with van der Waals surface area (Å²) in [7, 11) is 0. The molecule has 0 amide bonds. The summed E-state index contributed by atoms with van der Waals surface area (Å²) in [6, 6.07) is 7.55. The molecule has 1 aliphatic heterocycles. The van der Waals surface area contributed by atoms with E-state index in [1.54, 1.807) is 12.1 Å². The van der Waals surface area contributed by atoms with Crippen LogP contribution >= 0.6 is 0 Å². The van der Waals surface area contributed by atoms with Crippen molar-refractivity contribution in [3.63, 3.8) is 0 Å². The SMILES string of the molecule is CC(c1ccccc1OC(F)F)N1CCCCC1CCN. The van der Waals surface area contributed by atoms with Crippen molar-refractivity contribution < 1.29 is 13.5 Å². The van der Waals surface area contributed by atoms with Gasteiger partial charge >= 0.3 is 6.61 Å².